The Hall–Kier alpha value is -1.63. The van der Waals surface area contributed by atoms with Crippen molar-refractivity contribution < 1.29 is 14.3 Å². The number of rotatable bonds is 3. The minimum Gasteiger partial charge on any atom is -0.496 e. The molecule has 2 N–H and O–H groups in total. The molecule has 0 saturated carbocycles. The van der Waals surface area contributed by atoms with Crippen molar-refractivity contribution in [2.24, 2.45) is 0 Å². The van der Waals surface area contributed by atoms with E-state index in [1.807, 2.05) is 29.2 Å². The first kappa shape index (κ1) is 15.3. The SMILES string of the molecule is COc1ccccc1C1CNCCN1C(=O)C1CNCCO1. The summed E-state index contributed by atoms with van der Waals surface area (Å²) in [6.07, 6.45) is -0.385. The zero-order chi connectivity index (χ0) is 15.4. The first-order valence-electron chi connectivity index (χ1n) is 7.77. The van der Waals surface area contributed by atoms with Crippen LogP contribution in [-0.2, 0) is 9.53 Å². The zero-order valence-corrected chi connectivity index (χ0v) is 12.9. The lowest BCUT2D eigenvalue weighted by Gasteiger charge is -2.39. The molecule has 0 bridgehead atoms. The van der Waals surface area contributed by atoms with Crippen molar-refractivity contribution in [1.82, 2.24) is 15.5 Å². The molecule has 120 valence electrons. The Bertz CT molecular complexity index is 517. The van der Waals surface area contributed by atoms with Crippen LogP contribution in [0.15, 0.2) is 24.3 Å². The van der Waals surface area contributed by atoms with E-state index in [1.165, 1.54) is 0 Å². The molecule has 2 aliphatic rings. The number of piperazine rings is 1. The van der Waals surface area contributed by atoms with Crippen molar-refractivity contribution >= 4 is 5.91 Å². The van der Waals surface area contributed by atoms with Crippen LogP contribution in [0.1, 0.15) is 11.6 Å². The Balaban J connectivity index is 1.83. The Labute approximate surface area is 130 Å². The van der Waals surface area contributed by atoms with Gasteiger partial charge in [0.2, 0.25) is 0 Å². The summed E-state index contributed by atoms with van der Waals surface area (Å²) in [4.78, 5) is 14.8. The maximum atomic E-state index is 12.8. The van der Waals surface area contributed by atoms with E-state index in [0.29, 0.717) is 19.7 Å². The molecule has 2 saturated heterocycles. The monoisotopic (exact) mass is 305 g/mol. The van der Waals surface area contributed by atoms with Gasteiger partial charge in [0.25, 0.3) is 5.91 Å². The number of nitrogens with one attached hydrogen (secondary N) is 2. The van der Waals surface area contributed by atoms with Crippen LogP contribution in [0.2, 0.25) is 0 Å². The maximum Gasteiger partial charge on any atom is 0.253 e. The second kappa shape index (κ2) is 7.09. The van der Waals surface area contributed by atoms with Gasteiger partial charge in [-0.2, -0.15) is 0 Å². The van der Waals surface area contributed by atoms with Crippen LogP contribution < -0.4 is 15.4 Å². The van der Waals surface area contributed by atoms with Gasteiger partial charge in [0.05, 0.1) is 19.8 Å². The molecule has 2 atom stereocenters. The van der Waals surface area contributed by atoms with E-state index in [9.17, 15) is 4.79 Å². The quantitative estimate of drug-likeness (QED) is 0.833. The smallest absolute Gasteiger partial charge is 0.253 e. The molecule has 6 nitrogen and oxygen atoms in total. The van der Waals surface area contributed by atoms with Crippen molar-refractivity contribution in [3.05, 3.63) is 29.8 Å². The third-order valence-corrected chi connectivity index (χ3v) is 4.23. The van der Waals surface area contributed by atoms with Crippen molar-refractivity contribution in [2.45, 2.75) is 12.1 Å². The van der Waals surface area contributed by atoms with Crippen molar-refractivity contribution in [1.29, 1.82) is 0 Å². The van der Waals surface area contributed by atoms with E-state index in [4.69, 9.17) is 9.47 Å². The summed E-state index contributed by atoms with van der Waals surface area (Å²) in [5, 5.41) is 6.59. The molecule has 3 rings (SSSR count). The number of carbonyl (C=O) groups excluding carboxylic acids is 1. The first-order chi connectivity index (χ1) is 10.8. The average Bonchev–Trinajstić information content (AvgIpc) is 2.62. The van der Waals surface area contributed by atoms with Gasteiger partial charge in [0.1, 0.15) is 11.9 Å². The van der Waals surface area contributed by atoms with Gasteiger partial charge in [-0.15, -0.1) is 0 Å². The Kier molecular flexibility index (Phi) is 4.92. The van der Waals surface area contributed by atoms with Gasteiger partial charge in [0, 0.05) is 38.3 Å². The summed E-state index contributed by atoms with van der Waals surface area (Å²) in [6.45, 7) is 4.19. The largest absolute Gasteiger partial charge is 0.496 e. The average molecular weight is 305 g/mol. The van der Waals surface area contributed by atoms with E-state index >= 15 is 0 Å². The summed E-state index contributed by atoms with van der Waals surface area (Å²) in [7, 11) is 1.66. The molecule has 2 aliphatic heterocycles. The summed E-state index contributed by atoms with van der Waals surface area (Å²) < 4.78 is 11.1. The fourth-order valence-corrected chi connectivity index (χ4v) is 3.10. The molecule has 1 aromatic carbocycles. The van der Waals surface area contributed by atoms with Gasteiger partial charge in [-0.1, -0.05) is 18.2 Å². The van der Waals surface area contributed by atoms with E-state index in [0.717, 1.165) is 30.9 Å². The van der Waals surface area contributed by atoms with Gasteiger partial charge in [-0.05, 0) is 6.07 Å². The molecule has 1 amide bonds. The van der Waals surface area contributed by atoms with E-state index in [-0.39, 0.29) is 18.1 Å². The predicted molar refractivity (Wildman–Crippen MR) is 82.9 cm³/mol. The number of ether oxygens (including phenoxy) is 2. The summed E-state index contributed by atoms with van der Waals surface area (Å²) in [5.41, 5.74) is 1.04. The Morgan fingerprint density at radius 2 is 2.09 bits per heavy atom. The number of hydrogen-bond acceptors (Lipinski definition) is 5. The van der Waals surface area contributed by atoms with E-state index in [2.05, 4.69) is 10.6 Å². The number of hydrogen-bond donors (Lipinski definition) is 2. The first-order valence-corrected chi connectivity index (χ1v) is 7.77. The molecule has 0 spiro atoms. The molecule has 22 heavy (non-hydrogen) atoms. The van der Waals surface area contributed by atoms with Crippen LogP contribution >= 0.6 is 0 Å². The molecule has 2 heterocycles. The summed E-state index contributed by atoms with van der Waals surface area (Å²) in [6, 6.07) is 7.86. The van der Waals surface area contributed by atoms with Crippen LogP contribution in [0, 0.1) is 0 Å². The zero-order valence-electron chi connectivity index (χ0n) is 12.9. The number of para-hydroxylation sites is 1. The van der Waals surface area contributed by atoms with Crippen LogP contribution in [-0.4, -0.2) is 63.4 Å². The number of morpholine rings is 1. The van der Waals surface area contributed by atoms with Crippen LogP contribution in [0.3, 0.4) is 0 Å². The van der Waals surface area contributed by atoms with Crippen LogP contribution in [0.5, 0.6) is 5.75 Å². The molecule has 2 unspecified atom stereocenters. The fourth-order valence-electron chi connectivity index (χ4n) is 3.10. The highest BCUT2D eigenvalue weighted by Gasteiger charge is 2.34. The predicted octanol–water partition coefficient (Wildman–Crippen LogP) is 0.157. The fraction of sp³-hybridized carbons (Fsp3) is 0.562. The molecule has 0 aromatic heterocycles. The normalized spacial score (nSPS) is 25.8. The second-order valence-corrected chi connectivity index (χ2v) is 5.56. The van der Waals surface area contributed by atoms with Crippen molar-refractivity contribution in [3.63, 3.8) is 0 Å². The van der Waals surface area contributed by atoms with Crippen molar-refractivity contribution in [3.8, 4) is 5.75 Å². The molecule has 6 heteroatoms. The van der Waals surface area contributed by atoms with Gasteiger partial charge in [-0.25, -0.2) is 0 Å². The summed E-state index contributed by atoms with van der Waals surface area (Å²) >= 11 is 0. The lowest BCUT2D eigenvalue weighted by molar-refractivity contribution is -0.148. The topological polar surface area (TPSA) is 62.8 Å². The number of benzene rings is 1. The Morgan fingerprint density at radius 1 is 1.27 bits per heavy atom. The number of carbonyl (C=O) groups is 1. The second-order valence-electron chi connectivity index (χ2n) is 5.56. The molecule has 1 aromatic rings. The molecular weight excluding hydrogens is 282 g/mol. The molecule has 0 radical (unpaired) electrons. The third kappa shape index (κ3) is 3.09. The number of methoxy groups -OCH3 is 1. The summed E-state index contributed by atoms with van der Waals surface area (Å²) in [5.74, 6) is 0.876. The third-order valence-electron chi connectivity index (χ3n) is 4.23. The van der Waals surface area contributed by atoms with Crippen LogP contribution in [0.4, 0.5) is 0 Å². The highest BCUT2D eigenvalue weighted by Crippen LogP contribution is 2.30. The lowest BCUT2D eigenvalue weighted by atomic mass is 10.0. The van der Waals surface area contributed by atoms with Gasteiger partial charge >= 0.3 is 0 Å². The molecule has 2 fully saturated rings. The van der Waals surface area contributed by atoms with Gasteiger partial charge in [0.15, 0.2) is 0 Å². The molecule has 0 aliphatic carbocycles. The van der Waals surface area contributed by atoms with E-state index < -0.39 is 0 Å². The minimum absolute atomic E-state index is 0.0251. The number of nitrogens with zero attached hydrogens (tertiary/aromatic N) is 1. The maximum absolute atomic E-state index is 12.8. The van der Waals surface area contributed by atoms with Gasteiger partial charge < -0.3 is 25.0 Å². The van der Waals surface area contributed by atoms with E-state index in [1.54, 1.807) is 7.11 Å². The standard InChI is InChI=1S/C16H23N3O3/c1-21-14-5-3-2-4-12(14)13-10-17-6-8-19(13)16(20)15-11-18-7-9-22-15/h2-5,13,15,17-18H,6-11H2,1H3. The lowest BCUT2D eigenvalue weighted by Crippen LogP contribution is -2.55. The highest BCUT2D eigenvalue weighted by atomic mass is 16.5. The van der Waals surface area contributed by atoms with Gasteiger partial charge in [-0.3, -0.25) is 4.79 Å². The minimum atomic E-state index is -0.385. The Morgan fingerprint density at radius 3 is 2.86 bits per heavy atom. The highest BCUT2D eigenvalue weighted by molar-refractivity contribution is 5.82. The molecular formula is C16H23N3O3. The van der Waals surface area contributed by atoms with Crippen LogP contribution in [0.25, 0.3) is 0 Å². The van der Waals surface area contributed by atoms with Crippen molar-refractivity contribution in [2.75, 3.05) is 46.4 Å². The number of amides is 1.